The van der Waals surface area contributed by atoms with E-state index in [1.165, 1.54) is 6.92 Å². The van der Waals surface area contributed by atoms with Crippen LogP contribution in [0.4, 0.5) is 0 Å². The summed E-state index contributed by atoms with van der Waals surface area (Å²) < 4.78 is 10.2. The monoisotopic (exact) mass is 200 g/mol. The highest BCUT2D eigenvalue weighted by atomic mass is 16.6. The zero-order valence-corrected chi connectivity index (χ0v) is 8.62. The zero-order valence-electron chi connectivity index (χ0n) is 8.62. The Kier molecular flexibility index (Phi) is 3.63. The van der Waals surface area contributed by atoms with E-state index in [1.807, 2.05) is 6.92 Å². The van der Waals surface area contributed by atoms with Gasteiger partial charge in [0.2, 0.25) is 0 Å². The fourth-order valence-electron chi connectivity index (χ4n) is 1.45. The van der Waals surface area contributed by atoms with Crippen LogP contribution < -0.4 is 0 Å². The van der Waals surface area contributed by atoms with E-state index in [1.54, 1.807) is 0 Å². The molecule has 1 saturated heterocycles. The first-order valence-electron chi connectivity index (χ1n) is 4.83. The molecule has 4 heteroatoms. The van der Waals surface area contributed by atoms with Crippen LogP contribution in [-0.2, 0) is 19.1 Å². The molecule has 1 fully saturated rings. The van der Waals surface area contributed by atoms with Crippen molar-refractivity contribution in [2.45, 2.75) is 44.8 Å². The van der Waals surface area contributed by atoms with Crippen LogP contribution >= 0.6 is 0 Å². The highest BCUT2D eigenvalue weighted by Crippen LogP contribution is 2.40. The standard InChI is InChI=1S/C10H16O4/c1-8(12)13-7-9-10(2,14-9)5-3-4-6-11/h6,9H,3-5,7H2,1-2H3. The molecule has 0 aromatic rings. The van der Waals surface area contributed by atoms with E-state index in [0.717, 1.165) is 19.1 Å². The molecule has 4 nitrogen and oxygen atoms in total. The second-order valence-corrected chi connectivity index (χ2v) is 3.78. The number of rotatable bonds is 6. The summed E-state index contributed by atoms with van der Waals surface area (Å²) in [4.78, 5) is 20.6. The average molecular weight is 200 g/mol. The molecule has 1 aliphatic rings. The Morgan fingerprint density at radius 3 is 2.93 bits per heavy atom. The summed E-state index contributed by atoms with van der Waals surface area (Å²) in [5.74, 6) is -0.282. The maximum Gasteiger partial charge on any atom is 0.302 e. The number of hydrogen-bond donors (Lipinski definition) is 0. The lowest BCUT2D eigenvalue weighted by atomic mass is 10.0. The molecule has 1 aliphatic heterocycles. The number of ether oxygens (including phenoxy) is 2. The molecule has 0 saturated carbocycles. The third-order valence-electron chi connectivity index (χ3n) is 2.47. The van der Waals surface area contributed by atoms with Crippen molar-refractivity contribution < 1.29 is 19.1 Å². The van der Waals surface area contributed by atoms with Gasteiger partial charge >= 0.3 is 5.97 Å². The van der Waals surface area contributed by atoms with Gasteiger partial charge in [-0.1, -0.05) is 0 Å². The first-order valence-corrected chi connectivity index (χ1v) is 4.83. The Hall–Kier alpha value is -0.900. The minimum atomic E-state index is -0.282. The van der Waals surface area contributed by atoms with Crippen LogP contribution in [0, 0.1) is 0 Å². The van der Waals surface area contributed by atoms with E-state index >= 15 is 0 Å². The molecule has 80 valence electrons. The quantitative estimate of drug-likeness (QED) is 0.278. The summed E-state index contributed by atoms with van der Waals surface area (Å²) in [7, 11) is 0. The van der Waals surface area contributed by atoms with Crippen LogP contribution in [0.3, 0.4) is 0 Å². The molecule has 0 radical (unpaired) electrons. The predicted molar refractivity (Wildman–Crippen MR) is 49.8 cm³/mol. The van der Waals surface area contributed by atoms with E-state index in [-0.39, 0.29) is 17.7 Å². The SMILES string of the molecule is CC(=O)OCC1OC1(C)CCCC=O. The minimum absolute atomic E-state index is 0.0121. The molecule has 0 spiro atoms. The Morgan fingerprint density at radius 2 is 2.36 bits per heavy atom. The van der Waals surface area contributed by atoms with Gasteiger partial charge in [-0.25, -0.2) is 0 Å². The molecule has 1 heterocycles. The molecule has 0 N–H and O–H groups in total. The summed E-state index contributed by atoms with van der Waals surface area (Å²) in [6, 6.07) is 0. The smallest absolute Gasteiger partial charge is 0.302 e. The number of unbranched alkanes of at least 4 members (excludes halogenated alkanes) is 1. The van der Waals surface area contributed by atoms with Crippen molar-refractivity contribution in [3.05, 3.63) is 0 Å². The van der Waals surface area contributed by atoms with Crippen molar-refractivity contribution in [2.24, 2.45) is 0 Å². The molecule has 0 aromatic carbocycles. The second kappa shape index (κ2) is 4.55. The van der Waals surface area contributed by atoms with Crippen molar-refractivity contribution >= 4 is 12.3 Å². The van der Waals surface area contributed by atoms with Gasteiger partial charge in [0.05, 0.1) is 5.60 Å². The van der Waals surface area contributed by atoms with Gasteiger partial charge in [-0.3, -0.25) is 4.79 Å². The molecule has 0 amide bonds. The van der Waals surface area contributed by atoms with Crippen LogP contribution in [0.2, 0.25) is 0 Å². The summed E-state index contributed by atoms with van der Waals surface area (Å²) in [5.41, 5.74) is -0.182. The summed E-state index contributed by atoms with van der Waals surface area (Å²) in [6.45, 7) is 3.69. The third-order valence-corrected chi connectivity index (χ3v) is 2.47. The number of carbonyl (C=O) groups excluding carboxylic acids is 2. The highest BCUT2D eigenvalue weighted by molar-refractivity contribution is 5.65. The maximum absolute atomic E-state index is 10.5. The van der Waals surface area contributed by atoms with E-state index in [2.05, 4.69) is 0 Å². The second-order valence-electron chi connectivity index (χ2n) is 3.78. The Morgan fingerprint density at radius 1 is 1.64 bits per heavy atom. The molecule has 0 aliphatic carbocycles. The van der Waals surface area contributed by atoms with Crippen LogP contribution in [-0.4, -0.2) is 30.6 Å². The zero-order chi connectivity index (χ0) is 10.6. The molecule has 14 heavy (non-hydrogen) atoms. The van der Waals surface area contributed by atoms with Crippen molar-refractivity contribution in [3.63, 3.8) is 0 Å². The van der Waals surface area contributed by atoms with Crippen LogP contribution in [0.1, 0.15) is 33.1 Å². The molecule has 2 atom stereocenters. The lowest BCUT2D eigenvalue weighted by Gasteiger charge is -2.04. The first-order chi connectivity index (χ1) is 6.58. The van der Waals surface area contributed by atoms with Crippen molar-refractivity contribution in [2.75, 3.05) is 6.61 Å². The Labute approximate surface area is 83.6 Å². The number of carbonyl (C=O) groups is 2. The Bertz CT molecular complexity index is 226. The first kappa shape index (κ1) is 11.2. The number of aldehydes is 1. The van der Waals surface area contributed by atoms with Crippen LogP contribution in [0.15, 0.2) is 0 Å². The average Bonchev–Trinajstić information content (AvgIpc) is 2.75. The van der Waals surface area contributed by atoms with Crippen molar-refractivity contribution in [3.8, 4) is 0 Å². The van der Waals surface area contributed by atoms with E-state index in [9.17, 15) is 9.59 Å². The van der Waals surface area contributed by atoms with E-state index < -0.39 is 0 Å². The fourth-order valence-corrected chi connectivity index (χ4v) is 1.45. The number of esters is 1. The fraction of sp³-hybridized carbons (Fsp3) is 0.800. The van der Waals surface area contributed by atoms with Gasteiger partial charge in [0.1, 0.15) is 19.0 Å². The van der Waals surface area contributed by atoms with Crippen molar-refractivity contribution in [1.29, 1.82) is 0 Å². The van der Waals surface area contributed by atoms with Crippen molar-refractivity contribution in [1.82, 2.24) is 0 Å². The minimum Gasteiger partial charge on any atom is -0.463 e. The van der Waals surface area contributed by atoms with Gasteiger partial charge in [-0.05, 0) is 19.8 Å². The molecule has 0 aromatic heterocycles. The maximum atomic E-state index is 10.5. The number of epoxide rings is 1. The molecule has 1 rings (SSSR count). The van der Waals surface area contributed by atoms with Gasteiger partial charge in [0.15, 0.2) is 0 Å². The largest absolute Gasteiger partial charge is 0.463 e. The summed E-state index contributed by atoms with van der Waals surface area (Å²) in [5, 5.41) is 0. The van der Waals surface area contributed by atoms with Gasteiger partial charge in [-0.15, -0.1) is 0 Å². The normalized spacial score (nSPS) is 29.7. The molecular formula is C10H16O4. The van der Waals surface area contributed by atoms with Gasteiger partial charge in [0.25, 0.3) is 0 Å². The summed E-state index contributed by atoms with van der Waals surface area (Å²) in [6.07, 6.45) is 3.17. The molecule has 0 bridgehead atoms. The lowest BCUT2D eigenvalue weighted by Crippen LogP contribution is -2.15. The highest BCUT2D eigenvalue weighted by Gasteiger charge is 2.51. The molecular weight excluding hydrogens is 184 g/mol. The van der Waals surface area contributed by atoms with E-state index in [4.69, 9.17) is 9.47 Å². The summed E-state index contributed by atoms with van der Waals surface area (Å²) >= 11 is 0. The van der Waals surface area contributed by atoms with Gasteiger partial charge in [0, 0.05) is 13.3 Å². The predicted octanol–water partition coefficient (Wildman–Crippen LogP) is 1.08. The topological polar surface area (TPSA) is 55.9 Å². The van der Waals surface area contributed by atoms with Crippen LogP contribution in [0.25, 0.3) is 0 Å². The lowest BCUT2D eigenvalue weighted by molar-refractivity contribution is -0.141. The number of hydrogen-bond acceptors (Lipinski definition) is 4. The van der Waals surface area contributed by atoms with E-state index in [0.29, 0.717) is 13.0 Å². The Balaban J connectivity index is 2.14. The third kappa shape index (κ3) is 3.10. The van der Waals surface area contributed by atoms with Crippen LogP contribution in [0.5, 0.6) is 0 Å². The van der Waals surface area contributed by atoms with Gasteiger partial charge in [-0.2, -0.15) is 0 Å². The van der Waals surface area contributed by atoms with Gasteiger partial charge < -0.3 is 14.3 Å². The molecule has 2 unspecified atom stereocenters.